The largest absolute Gasteiger partial charge is 0.443 e. The number of aromatic nitrogens is 5. The van der Waals surface area contributed by atoms with Crippen LogP contribution in [0.15, 0.2) is 76.6 Å². The van der Waals surface area contributed by atoms with Crippen molar-refractivity contribution in [2.75, 3.05) is 10.2 Å². The summed E-state index contributed by atoms with van der Waals surface area (Å²) in [7, 11) is 0. The topological polar surface area (TPSA) is 171 Å². The molecule has 14 nitrogen and oxygen atoms in total. The number of nitrogens with zero attached hydrogens (tertiary/aromatic N) is 5. The molecular weight excluding hydrogens is 766 g/mol. The maximum Gasteiger partial charge on any atom is 0.435 e. The summed E-state index contributed by atoms with van der Waals surface area (Å²) in [4.78, 5) is 72.5. The van der Waals surface area contributed by atoms with Gasteiger partial charge in [0.25, 0.3) is 11.5 Å². The molecule has 1 saturated carbocycles. The van der Waals surface area contributed by atoms with E-state index in [-0.39, 0.29) is 16.9 Å². The lowest BCUT2D eigenvalue weighted by Crippen LogP contribution is -2.44. The number of rotatable bonds is 9. The Balaban J connectivity index is 1.42. The number of aromatic amines is 1. The van der Waals surface area contributed by atoms with Crippen LogP contribution in [0.5, 0.6) is 0 Å². The number of amides is 3. The van der Waals surface area contributed by atoms with Gasteiger partial charge < -0.3 is 14.8 Å². The summed E-state index contributed by atoms with van der Waals surface area (Å²) in [5, 5.41) is 6.50. The van der Waals surface area contributed by atoms with Gasteiger partial charge in [-0.2, -0.15) is 23.2 Å². The number of pyridine rings is 1. The number of nitrogens with one attached hydrogen (secondary N) is 2. The molecule has 1 aliphatic carbocycles. The van der Waals surface area contributed by atoms with Crippen LogP contribution in [0.25, 0.3) is 16.5 Å². The Morgan fingerprint density at radius 1 is 0.931 bits per heavy atom. The Morgan fingerprint density at radius 2 is 1.60 bits per heavy atom. The summed E-state index contributed by atoms with van der Waals surface area (Å²) in [6, 6.07) is 10.4. The van der Waals surface area contributed by atoms with Crippen LogP contribution in [0, 0.1) is 11.7 Å². The van der Waals surface area contributed by atoms with Gasteiger partial charge in [-0.3, -0.25) is 19.1 Å². The summed E-state index contributed by atoms with van der Waals surface area (Å²) >= 11 is 0. The van der Waals surface area contributed by atoms with Crippen molar-refractivity contribution in [3.05, 3.63) is 111 Å². The summed E-state index contributed by atoms with van der Waals surface area (Å²) in [5.41, 5.74) is -5.64. The molecule has 3 amide bonds. The van der Waals surface area contributed by atoms with Gasteiger partial charge in [-0.05, 0) is 102 Å². The zero-order valence-corrected chi connectivity index (χ0v) is 32.4. The van der Waals surface area contributed by atoms with E-state index in [2.05, 4.69) is 20.4 Å². The quantitative estimate of drug-likeness (QED) is 0.140. The number of hydrogen-bond donors (Lipinski definition) is 2. The molecule has 2 N–H and O–H groups in total. The van der Waals surface area contributed by atoms with Crippen LogP contribution < -0.4 is 21.5 Å². The molecule has 1 unspecified atom stereocenters. The van der Waals surface area contributed by atoms with Crippen LogP contribution in [0.2, 0.25) is 0 Å². The smallest absolute Gasteiger partial charge is 0.435 e. The number of hydrogen-bond acceptors (Lipinski definition) is 9. The third kappa shape index (κ3) is 9.61. The molecule has 0 bridgehead atoms. The summed E-state index contributed by atoms with van der Waals surface area (Å²) in [6.45, 7) is 9.49. The molecule has 1 aliphatic rings. The maximum absolute atomic E-state index is 15.4. The Morgan fingerprint density at radius 3 is 2.21 bits per heavy atom. The second-order valence-electron chi connectivity index (χ2n) is 15.9. The first kappa shape index (κ1) is 41.3. The van der Waals surface area contributed by atoms with E-state index >= 15 is 4.39 Å². The van der Waals surface area contributed by atoms with Crippen molar-refractivity contribution in [3.8, 4) is 5.69 Å². The first-order valence-electron chi connectivity index (χ1n) is 18.3. The number of fused-ring (bicyclic) bond motifs is 1. The van der Waals surface area contributed by atoms with E-state index in [1.54, 1.807) is 41.5 Å². The number of carbonyl (C=O) groups excluding carboxylic acids is 3. The third-order valence-electron chi connectivity index (χ3n) is 8.93. The second-order valence-corrected chi connectivity index (χ2v) is 15.9. The van der Waals surface area contributed by atoms with E-state index in [1.807, 2.05) is 0 Å². The Hall–Kier alpha value is -6.33. The van der Waals surface area contributed by atoms with Crippen molar-refractivity contribution in [2.45, 2.75) is 90.6 Å². The van der Waals surface area contributed by atoms with Crippen LogP contribution in [0.4, 0.5) is 38.7 Å². The standard InChI is InChI=1S/C40H41F4N7O7/c1-38(2,3)57-36(55)50(37(56)58-39(4,5)6)33-26-20-25(12-10-23(26)15-17-45-33)51-30(21-31(48-51)40(42,43)44)34(53)46-28-19-24(11-13-27(28)41)29(14-9-22-7-8-22)49-18-16-32(52)47-35(49)54/h10-13,15-22,29H,7-9,14H2,1-6H3,(H,46,53)(H,47,52,54). The Kier molecular flexibility index (Phi) is 11.1. The van der Waals surface area contributed by atoms with Crippen LogP contribution in [-0.2, 0) is 15.7 Å². The van der Waals surface area contributed by atoms with Crippen molar-refractivity contribution >= 4 is 40.4 Å². The fraction of sp³-hybridized carbons (Fsp3) is 0.375. The maximum atomic E-state index is 15.4. The first-order valence-corrected chi connectivity index (χ1v) is 18.3. The van der Waals surface area contributed by atoms with Crippen LogP contribution in [0.1, 0.15) is 95.0 Å². The van der Waals surface area contributed by atoms with Crippen LogP contribution in [-0.4, -0.2) is 53.6 Å². The SMILES string of the molecule is CC(C)(C)OC(=O)N(C(=O)OC(C)(C)C)c1nccc2ccc(-n3nc(C(F)(F)F)cc3C(=O)Nc3cc(C(CCC4CC4)n4ccc(=O)[nH]c4=O)ccc3F)cc12. The van der Waals surface area contributed by atoms with E-state index < -0.39 is 75.7 Å². The van der Waals surface area contributed by atoms with Crippen LogP contribution >= 0.6 is 0 Å². The number of anilines is 2. The summed E-state index contributed by atoms with van der Waals surface area (Å²) in [6.07, 6.45) is -1.47. The lowest BCUT2D eigenvalue weighted by molar-refractivity contribution is -0.141. The summed E-state index contributed by atoms with van der Waals surface area (Å²) < 4.78 is 70.9. The lowest BCUT2D eigenvalue weighted by Gasteiger charge is -2.28. The average molecular weight is 808 g/mol. The fourth-order valence-corrected chi connectivity index (χ4v) is 6.16. The minimum atomic E-state index is -5.02. The van der Waals surface area contributed by atoms with Gasteiger partial charge in [-0.25, -0.2) is 28.4 Å². The van der Waals surface area contributed by atoms with E-state index in [0.717, 1.165) is 25.3 Å². The molecule has 306 valence electrons. The normalized spacial score (nSPS) is 13.9. The van der Waals surface area contributed by atoms with Gasteiger partial charge in [0.05, 0.1) is 17.4 Å². The van der Waals surface area contributed by atoms with Gasteiger partial charge in [0.15, 0.2) is 11.5 Å². The molecule has 3 heterocycles. The van der Waals surface area contributed by atoms with Crippen molar-refractivity contribution in [3.63, 3.8) is 0 Å². The third-order valence-corrected chi connectivity index (χ3v) is 8.93. The molecule has 1 fully saturated rings. The van der Waals surface area contributed by atoms with Gasteiger partial charge in [0.2, 0.25) is 0 Å². The monoisotopic (exact) mass is 807 g/mol. The molecule has 3 aromatic heterocycles. The number of benzene rings is 2. The molecule has 6 rings (SSSR count). The molecule has 1 atom stereocenters. The number of ether oxygens (including phenoxy) is 2. The fourth-order valence-electron chi connectivity index (χ4n) is 6.16. The molecule has 58 heavy (non-hydrogen) atoms. The first-order chi connectivity index (χ1) is 27.1. The highest BCUT2D eigenvalue weighted by atomic mass is 19.4. The Bertz CT molecular complexity index is 2480. The highest BCUT2D eigenvalue weighted by Gasteiger charge is 2.38. The number of imide groups is 1. The van der Waals surface area contributed by atoms with E-state index in [1.165, 1.54) is 59.4 Å². The minimum Gasteiger partial charge on any atom is -0.443 e. The van der Waals surface area contributed by atoms with Gasteiger partial charge in [-0.15, -0.1) is 0 Å². The second kappa shape index (κ2) is 15.5. The zero-order chi connectivity index (χ0) is 42.3. The summed E-state index contributed by atoms with van der Waals surface area (Å²) in [5.74, 6) is -1.93. The van der Waals surface area contributed by atoms with E-state index in [0.29, 0.717) is 38.9 Å². The highest BCUT2D eigenvalue weighted by Crippen LogP contribution is 2.38. The lowest BCUT2D eigenvalue weighted by atomic mass is 9.99. The van der Waals surface area contributed by atoms with Crippen molar-refractivity contribution in [1.29, 1.82) is 0 Å². The predicted octanol–water partition coefficient (Wildman–Crippen LogP) is 8.14. The van der Waals surface area contributed by atoms with Crippen molar-refractivity contribution in [1.82, 2.24) is 24.3 Å². The number of alkyl halides is 3. The molecular formula is C40H41F4N7O7. The molecule has 18 heteroatoms. The van der Waals surface area contributed by atoms with Crippen molar-refractivity contribution in [2.24, 2.45) is 5.92 Å². The number of carbonyl (C=O) groups is 3. The van der Waals surface area contributed by atoms with Gasteiger partial charge >= 0.3 is 24.1 Å². The minimum absolute atomic E-state index is 0.0700. The molecule has 2 aromatic carbocycles. The zero-order valence-electron chi connectivity index (χ0n) is 32.4. The molecule has 0 aliphatic heterocycles. The van der Waals surface area contributed by atoms with Gasteiger partial charge in [0, 0.05) is 29.9 Å². The number of H-pyrrole nitrogens is 1. The Labute approximate surface area is 328 Å². The predicted molar refractivity (Wildman–Crippen MR) is 205 cm³/mol. The van der Waals surface area contributed by atoms with Crippen LogP contribution in [0.3, 0.4) is 0 Å². The molecule has 0 spiro atoms. The van der Waals surface area contributed by atoms with Crippen molar-refractivity contribution < 1.29 is 41.4 Å². The van der Waals surface area contributed by atoms with Gasteiger partial charge in [-0.1, -0.05) is 25.0 Å². The molecule has 0 radical (unpaired) electrons. The highest BCUT2D eigenvalue weighted by molar-refractivity contribution is 6.14. The van der Waals surface area contributed by atoms with Gasteiger partial charge in [0.1, 0.15) is 22.7 Å². The molecule has 5 aromatic rings. The van der Waals surface area contributed by atoms with E-state index in [4.69, 9.17) is 9.47 Å². The number of halogens is 4. The van der Waals surface area contributed by atoms with E-state index in [9.17, 15) is 37.1 Å². The average Bonchev–Trinajstić information content (AvgIpc) is 3.82. The molecule has 0 saturated heterocycles.